The average molecular weight is 413 g/mol. The highest BCUT2D eigenvalue weighted by Gasteiger charge is 2.46. The van der Waals surface area contributed by atoms with Crippen LogP contribution in [0.25, 0.3) is 0 Å². The van der Waals surface area contributed by atoms with Gasteiger partial charge in [-0.05, 0) is 38.5 Å². The van der Waals surface area contributed by atoms with Gasteiger partial charge in [0.15, 0.2) is 5.76 Å². The van der Waals surface area contributed by atoms with Crippen molar-refractivity contribution in [3.63, 3.8) is 0 Å². The summed E-state index contributed by atoms with van der Waals surface area (Å²) in [5.74, 6) is -1.68. The summed E-state index contributed by atoms with van der Waals surface area (Å²) in [6, 6.07) is 2.59. The molecule has 0 saturated heterocycles. The van der Waals surface area contributed by atoms with Crippen LogP contribution in [0.15, 0.2) is 35.9 Å². The van der Waals surface area contributed by atoms with Crippen LogP contribution >= 0.6 is 22.7 Å². The number of thiazole rings is 1. The number of aryl methyl sites for hydroxylation is 3. The fraction of sp³-hybridized carbons (Fsp3) is 0.222. The third-order valence-electron chi connectivity index (χ3n) is 4.31. The Hall–Kier alpha value is -2.98. The molecule has 1 N–H and O–H groups in total. The Kier molecular flexibility index (Phi) is 4.52. The predicted molar refractivity (Wildman–Crippen MR) is 105 cm³/mol. The fourth-order valence-corrected chi connectivity index (χ4v) is 4.73. The van der Waals surface area contributed by atoms with Crippen molar-refractivity contribution in [1.29, 1.82) is 0 Å². The Labute approximate surface area is 168 Å². The Balaban J connectivity index is 1.89. The highest BCUT2D eigenvalue weighted by atomic mass is 32.1. The molecule has 0 aliphatic carbocycles. The van der Waals surface area contributed by atoms with Gasteiger partial charge in [-0.25, -0.2) is 4.98 Å². The van der Waals surface area contributed by atoms with E-state index >= 15 is 0 Å². The molecule has 1 unspecified atom stereocenters. The summed E-state index contributed by atoms with van der Waals surface area (Å²) < 4.78 is 0. The van der Waals surface area contributed by atoms with Crippen LogP contribution < -0.4 is 4.90 Å². The van der Waals surface area contributed by atoms with Gasteiger partial charge in [0, 0.05) is 12.4 Å². The van der Waals surface area contributed by atoms with Crippen molar-refractivity contribution in [2.75, 3.05) is 4.90 Å². The number of carbonyl (C=O) groups excluding carboxylic acids is 2. The summed E-state index contributed by atoms with van der Waals surface area (Å²) in [7, 11) is 0. The lowest BCUT2D eigenvalue weighted by atomic mass is 9.96. The number of rotatable bonds is 4. The lowest BCUT2D eigenvalue weighted by Gasteiger charge is -2.23. The van der Waals surface area contributed by atoms with Gasteiger partial charge in [-0.3, -0.25) is 19.5 Å². The lowest BCUT2D eigenvalue weighted by molar-refractivity contribution is -0.117. The average Bonchev–Trinajstić information content (AvgIpc) is 3.32. The first-order chi connectivity index (χ1) is 13.4. The topological polar surface area (TPSA) is 109 Å². The lowest BCUT2D eigenvalue weighted by Crippen LogP contribution is -2.31. The van der Waals surface area contributed by atoms with Crippen LogP contribution in [-0.2, 0) is 4.79 Å². The predicted octanol–water partition coefficient (Wildman–Crippen LogP) is 3.10. The number of carbonyl (C=O) groups is 2. The number of hydrogen-bond acceptors (Lipinski definition) is 9. The number of anilines is 1. The first-order valence-electron chi connectivity index (χ1n) is 8.34. The maximum absolute atomic E-state index is 13.3. The van der Waals surface area contributed by atoms with Crippen LogP contribution in [0.1, 0.15) is 37.0 Å². The molecule has 142 valence electrons. The van der Waals surface area contributed by atoms with Crippen LogP contribution in [0.2, 0.25) is 0 Å². The third-order valence-corrected chi connectivity index (χ3v) is 6.22. The SMILES string of the molecule is Cc1nnc(N2C(=O)C(O)=C(C(=O)c3sc(C)nc3C)C2c2ccncc2)s1. The van der Waals surface area contributed by atoms with Crippen molar-refractivity contribution in [3.05, 3.63) is 62.0 Å². The second kappa shape index (κ2) is 6.88. The second-order valence-corrected chi connectivity index (χ2v) is 8.56. The minimum Gasteiger partial charge on any atom is -0.503 e. The normalized spacial score (nSPS) is 16.9. The van der Waals surface area contributed by atoms with Crippen molar-refractivity contribution in [2.45, 2.75) is 26.8 Å². The smallest absolute Gasteiger partial charge is 0.296 e. The number of Topliss-reactive ketones (excluding diaryl/α,β-unsaturated/α-hetero) is 1. The number of nitrogens with zero attached hydrogens (tertiary/aromatic N) is 5. The number of aliphatic hydroxyl groups excluding tert-OH is 1. The van der Waals surface area contributed by atoms with Crippen LogP contribution in [0.3, 0.4) is 0 Å². The molecule has 10 heteroatoms. The van der Waals surface area contributed by atoms with Gasteiger partial charge in [-0.15, -0.1) is 21.5 Å². The molecule has 0 bridgehead atoms. The van der Waals surface area contributed by atoms with E-state index in [1.54, 1.807) is 45.3 Å². The van der Waals surface area contributed by atoms with E-state index in [0.717, 1.165) is 5.01 Å². The zero-order valence-electron chi connectivity index (χ0n) is 15.2. The van der Waals surface area contributed by atoms with Crippen LogP contribution in [0.5, 0.6) is 0 Å². The Morgan fingerprint density at radius 1 is 1.11 bits per heavy atom. The van der Waals surface area contributed by atoms with Crippen LogP contribution in [-0.4, -0.2) is 37.0 Å². The van der Waals surface area contributed by atoms with Gasteiger partial charge in [-0.2, -0.15) is 0 Å². The summed E-state index contributed by atoms with van der Waals surface area (Å²) in [5, 5.41) is 20.4. The summed E-state index contributed by atoms with van der Waals surface area (Å²) in [6.45, 7) is 5.31. The Morgan fingerprint density at radius 3 is 2.39 bits per heavy atom. The first kappa shape index (κ1) is 18.4. The van der Waals surface area contributed by atoms with Gasteiger partial charge >= 0.3 is 0 Å². The van der Waals surface area contributed by atoms with Crippen molar-refractivity contribution in [3.8, 4) is 0 Å². The molecule has 4 rings (SSSR count). The van der Waals surface area contributed by atoms with Gasteiger partial charge in [0.25, 0.3) is 5.91 Å². The zero-order valence-corrected chi connectivity index (χ0v) is 16.8. The zero-order chi connectivity index (χ0) is 20.0. The Morgan fingerprint density at radius 2 is 1.82 bits per heavy atom. The molecule has 1 aliphatic heterocycles. The highest BCUT2D eigenvalue weighted by molar-refractivity contribution is 7.15. The molecule has 0 aromatic carbocycles. The molecule has 1 amide bonds. The molecule has 0 spiro atoms. The second-order valence-electron chi connectivity index (χ2n) is 6.20. The molecule has 0 fully saturated rings. The van der Waals surface area contributed by atoms with Crippen molar-refractivity contribution in [1.82, 2.24) is 20.2 Å². The molecule has 0 radical (unpaired) electrons. The molecule has 8 nitrogen and oxygen atoms in total. The van der Waals surface area contributed by atoms with Gasteiger partial charge in [0.2, 0.25) is 10.9 Å². The van der Waals surface area contributed by atoms with Gasteiger partial charge in [-0.1, -0.05) is 11.3 Å². The van der Waals surface area contributed by atoms with E-state index < -0.39 is 23.5 Å². The number of aliphatic hydroxyl groups is 1. The van der Waals surface area contributed by atoms with E-state index in [-0.39, 0.29) is 5.57 Å². The first-order valence-corrected chi connectivity index (χ1v) is 9.97. The summed E-state index contributed by atoms with van der Waals surface area (Å²) >= 11 is 2.45. The summed E-state index contributed by atoms with van der Waals surface area (Å²) in [6.07, 6.45) is 3.14. The molecule has 1 aliphatic rings. The molecular formula is C18H15N5O3S2. The summed E-state index contributed by atoms with van der Waals surface area (Å²) in [4.78, 5) is 36.2. The van der Waals surface area contributed by atoms with Gasteiger partial charge in [0.05, 0.1) is 27.2 Å². The number of pyridine rings is 1. The van der Waals surface area contributed by atoms with Gasteiger partial charge < -0.3 is 5.11 Å². The van der Waals surface area contributed by atoms with Gasteiger partial charge in [0.1, 0.15) is 5.01 Å². The van der Waals surface area contributed by atoms with E-state index in [1.807, 2.05) is 0 Å². The molecule has 4 heterocycles. The Bertz CT molecular complexity index is 1120. The number of ketones is 1. The minimum absolute atomic E-state index is 0.0100. The summed E-state index contributed by atoms with van der Waals surface area (Å²) in [5.41, 5.74) is 1.22. The van der Waals surface area contributed by atoms with E-state index in [2.05, 4.69) is 20.2 Å². The largest absolute Gasteiger partial charge is 0.503 e. The van der Waals surface area contributed by atoms with Crippen molar-refractivity contribution in [2.24, 2.45) is 0 Å². The molecule has 3 aromatic rings. The molecule has 28 heavy (non-hydrogen) atoms. The quantitative estimate of drug-likeness (QED) is 0.655. The monoisotopic (exact) mass is 413 g/mol. The minimum atomic E-state index is -0.822. The van der Waals surface area contributed by atoms with Crippen molar-refractivity contribution >= 4 is 39.5 Å². The molecule has 1 atom stereocenters. The van der Waals surface area contributed by atoms with E-state index in [1.165, 1.54) is 27.6 Å². The van der Waals surface area contributed by atoms with Crippen molar-refractivity contribution < 1.29 is 14.7 Å². The van der Waals surface area contributed by atoms with E-state index in [4.69, 9.17) is 0 Å². The maximum Gasteiger partial charge on any atom is 0.296 e. The standard InChI is InChI=1S/C18H15N5O3S2/c1-8-16(27-9(2)20-8)14(24)12-13(11-4-6-19-7-5-11)23(17(26)15(12)25)18-22-21-10(3)28-18/h4-7,13,25H,1-3H3. The molecule has 3 aromatic heterocycles. The number of hydrogen-bond donors (Lipinski definition) is 1. The van der Waals surface area contributed by atoms with E-state index in [9.17, 15) is 14.7 Å². The maximum atomic E-state index is 13.3. The molecular weight excluding hydrogens is 398 g/mol. The third kappa shape index (κ3) is 2.90. The number of aromatic nitrogens is 4. The van der Waals surface area contributed by atoms with Crippen LogP contribution in [0.4, 0.5) is 5.13 Å². The number of amides is 1. The highest BCUT2D eigenvalue weighted by Crippen LogP contribution is 2.43. The fourth-order valence-electron chi connectivity index (χ4n) is 3.14. The molecule has 0 saturated carbocycles. The van der Waals surface area contributed by atoms with E-state index in [0.29, 0.717) is 26.3 Å². The van der Waals surface area contributed by atoms with Crippen LogP contribution in [0, 0.1) is 20.8 Å².